The molecule has 3 nitrogen and oxygen atoms in total. The molecule has 0 radical (unpaired) electrons. The van der Waals surface area contributed by atoms with Gasteiger partial charge in [-0.3, -0.25) is 4.68 Å². The van der Waals surface area contributed by atoms with E-state index in [0.29, 0.717) is 6.42 Å². The van der Waals surface area contributed by atoms with Gasteiger partial charge in [0.25, 0.3) is 0 Å². The molecule has 0 spiro atoms. The molecule has 0 aromatic carbocycles. The number of carbonyl (C=O) groups is 1. The van der Waals surface area contributed by atoms with E-state index in [9.17, 15) is 4.79 Å². The molecule has 0 aliphatic rings. The molecule has 0 saturated carbocycles. The molecule has 3 heteroatoms. The van der Waals surface area contributed by atoms with Crippen molar-refractivity contribution in [3.8, 4) is 0 Å². The molecule has 0 saturated heterocycles. The summed E-state index contributed by atoms with van der Waals surface area (Å²) in [5.41, 5.74) is 2.24. The summed E-state index contributed by atoms with van der Waals surface area (Å²) in [6.45, 7) is 1.98. The normalized spacial score (nSPS) is 10.2. The second-order valence-corrected chi connectivity index (χ2v) is 2.96. The Morgan fingerprint density at radius 1 is 1.67 bits per heavy atom. The highest BCUT2D eigenvalue weighted by molar-refractivity contribution is 5.49. The smallest absolute Gasteiger partial charge is 0.120 e. The number of nitrogens with zero attached hydrogens (tertiary/aromatic N) is 2. The predicted molar refractivity (Wildman–Crippen MR) is 46.9 cm³/mol. The Hall–Kier alpha value is -1.12. The van der Waals surface area contributed by atoms with Gasteiger partial charge in [-0.1, -0.05) is 0 Å². The topological polar surface area (TPSA) is 34.9 Å². The van der Waals surface area contributed by atoms with E-state index in [1.54, 1.807) is 0 Å². The van der Waals surface area contributed by atoms with Crippen LogP contribution in [0.5, 0.6) is 0 Å². The summed E-state index contributed by atoms with van der Waals surface area (Å²) in [6, 6.07) is 2.06. The first-order valence-electron chi connectivity index (χ1n) is 4.17. The van der Waals surface area contributed by atoms with Crippen molar-refractivity contribution in [1.82, 2.24) is 9.78 Å². The summed E-state index contributed by atoms with van der Waals surface area (Å²) in [4.78, 5) is 10.1. The maximum Gasteiger partial charge on any atom is 0.120 e. The summed E-state index contributed by atoms with van der Waals surface area (Å²) in [5, 5.41) is 4.22. The fourth-order valence-electron chi connectivity index (χ4n) is 1.26. The van der Waals surface area contributed by atoms with Gasteiger partial charge in [-0.15, -0.1) is 0 Å². The molecule has 0 bridgehead atoms. The second-order valence-electron chi connectivity index (χ2n) is 2.96. The summed E-state index contributed by atoms with van der Waals surface area (Å²) in [5.74, 6) is 0. The lowest BCUT2D eigenvalue weighted by molar-refractivity contribution is -0.107. The van der Waals surface area contributed by atoms with E-state index in [-0.39, 0.29) is 0 Å². The first kappa shape index (κ1) is 8.97. The van der Waals surface area contributed by atoms with E-state index in [1.165, 1.54) is 5.69 Å². The SMILES string of the molecule is Cc1cc(CCCC=O)n(C)n1. The number of rotatable bonds is 4. The van der Waals surface area contributed by atoms with E-state index < -0.39 is 0 Å². The largest absolute Gasteiger partial charge is 0.303 e. The van der Waals surface area contributed by atoms with Crippen molar-refractivity contribution in [3.05, 3.63) is 17.5 Å². The van der Waals surface area contributed by atoms with Crippen LogP contribution in [0.2, 0.25) is 0 Å². The van der Waals surface area contributed by atoms with Crippen molar-refractivity contribution >= 4 is 6.29 Å². The van der Waals surface area contributed by atoms with Crippen LogP contribution >= 0.6 is 0 Å². The van der Waals surface area contributed by atoms with Gasteiger partial charge in [-0.25, -0.2) is 0 Å². The monoisotopic (exact) mass is 166 g/mol. The molecule has 66 valence electrons. The van der Waals surface area contributed by atoms with Gasteiger partial charge >= 0.3 is 0 Å². The van der Waals surface area contributed by atoms with Crippen molar-refractivity contribution in [3.63, 3.8) is 0 Å². The molecule has 1 heterocycles. The number of unbranched alkanes of at least 4 members (excludes halogenated alkanes) is 1. The van der Waals surface area contributed by atoms with Gasteiger partial charge in [0.05, 0.1) is 5.69 Å². The Balaban J connectivity index is 2.50. The third-order valence-electron chi connectivity index (χ3n) is 1.85. The molecule has 12 heavy (non-hydrogen) atoms. The Morgan fingerprint density at radius 3 is 2.92 bits per heavy atom. The molecule has 0 aliphatic carbocycles. The van der Waals surface area contributed by atoms with Gasteiger partial charge in [0.1, 0.15) is 6.29 Å². The number of aryl methyl sites for hydroxylation is 3. The lowest BCUT2D eigenvalue weighted by atomic mass is 10.2. The van der Waals surface area contributed by atoms with Crippen LogP contribution in [-0.2, 0) is 18.3 Å². The minimum absolute atomic E-state index is 0.643. The second kappa shape index (κ2) is 4.04. The number of carbonyl (C=O) groups excluding carboxylic acids is 1. The maximum atomic E-state index is 10.1. The fraction of sp³-hybridized carbons (Fsp3) is 0.556. The van der Waals surface area contributed by atoms with Crippen LogP contribution in [0.4, 0.5) is 0 Å². The van der Waals surface area contributed by atoms with Crippen LogP contribution in [-0.4, -0.2) is 16.1 Å². The lowest BCUT2D eigenvalue weighted by Gasteiger charge is -1.97. The third-order valence-corrected chi connectivity index (χ3v) is 1.85. The van der Waals surface area contributed by atoms with E-state index in [1.807, 2.05) is 18.7 Å². The van der Waals surface area contributed by atoms with Crippen molar-refractivity contribution in [1.29, 1.82) is 0 Å². The van der Waals surface area contributed by atoms with E-state index in [0.717, 1.165) is 24.8 Å². The minimum Gasteiger partial charge on any atom is -0.303 e. The Bertz CT molecular complexity index is 265. The van der Waals surface area contributed by atoms with E-state index in [2.05, 4.69) is 11.2 Å². The highest BCUT2D eigenvalue weighted by atomic mass is 16.1. The average molecular weight is 166 g/mol. The molecule has 0 fully saturated rings. The van der Waals surface area contributed by atoms with E-state index >= 15 is 0 Å². The summed E-state index contributed by atoms with van der Waals surface area (Å²) in [6.07, 6.45) is 3.46. The Morgan fingerprint density at radius 2 is 2.42 bits per heavy atom. The number of aldehydes is 1. The van der Waals surface area contributed by atoms with Crippen molar-refractivity contribution < 1.29 is 4.79 Å². The van der Waals surface area contributed by atoms with Crippen LogP contribution in [0.15, 0.2) is 6.07 Å². The standard InChI is InChI=1S/C9H14N2O/c1-8-7-9(11(2)10-8)5-3-4-6-12/h6-7H,3-5H2,1-2H3. The molecule has 0 unspecified atom stereocenters. The quantitative estimate of drug-likeness (QED) is 0.498. The molecular formula is C9H14N2O. The van der Waals surface area contributed by atoms with Crippen LogP contribution in [0.1, 0.15) is 24.2 Å². The zero-order valence-electron chi connectivity index (χ0n) is 7.58. The van der Waals surface area contributed by atoms with Gasteiger partial charge in [0, 0.05) is 19.2 Å². The van der Waals surface area contributed by atoms with Gasteiger partial charge < -0.3 is 4.79 Å². The summed E-state index contributed by atoms with van der Waals surface area (Å²) < 4.78 is 1.88. The van der Waals surface area contributed by atoms with Gasteiger partial charge in [0.15, 0.2) is 0 Å². The Labute approximate surface area is 72.4 Å². The number of hydrogen-bond acceptors (Lipinski definition) is 2. The molecule has 1 rings (SSSR count). The van der Waals surface area contributed by atoms with Crippen LogP contribution < -0.4 is 0 Å². The minimum atomic E-state index is 0.643. The van der Waals surface area contributed by atoms with Crippen LogP contribution in [0.3, 0.4) is 0 Å². The highest BCUT2D eigenvalue weighted by Gasteiger charge is 2.00. The predicted octanol–water partition coefficient (Wildman–Crippen LogP) is 1.25. The zero-order chi connectivity index (χ0) is 8.97. The first-order valence-corrected chi connectivity index (χ1v) is 4.17. The maximum absolute atomic E-state index is 10.1. The van der Waals surface area contributed by atoms with Crippen LogP contribution in [0, 0.1) is 6.92 Å². The fourth-order valence-corrected chi connectivity index (χ4v) is 1.26. The highest BCUT2D eigenvalue weighted by Crippen LogP contribution is 2.05. The number of hydrogen-bond donors (Lipinski definition) is 0. The van der Waals surface area contributed by atoms with Gasteiger partial charge in [0.2, 0.25) is 0 Å². The van der Waals surface area contributed by atoms with Crippen LogP contribution in [0.25, 0.3) is 0 Å². The zero-order valence-corrected chi connectivity index (χ0v) is 7.58. The van der Waals surface area contributed by atoms with Crippen molar-refractivity contribution in [2.24, 2.45) is 7.05 Å². The van der Waals surface area contributed by atoms with Gasteiger partial charge in [-0.05, 0) is 25.8 Å². The molecular weight excluding hydrogens is 152 g/mol. The Kier molecular flexibility index (Phi) is 3.02. The van der Waals surface area contributed by atoms with Crippen molar-refractivity contribution in [2.45, 2.75) is 26.2 Å². The molecule has 1 aromatic rings. The van der Waals surface area contributed by atoms with Gasteiger partial charge in [-0.2, -0.15) is 5.10 Å². The molecule has 1 aromatic heterocycles. The summed E-state index contributed by atoms with van der Waals surface area (Å²) >= 11 is 0. The van der Waals surface area contributed by atoms with E-state index in [4.69, 9.17) is 0 Å². The third kappa shape index (κ3) is 2.19. The lowest BCUT2D eigenvalue weighted by Crippen LogP contribution is -1.98. The molecule has 0 atom stereocenters. The number of aromatic nitrogens is 2. The molecule has 0 aliphatic heterocycles. The van der Waals surface area contributed by atoms with Crippen molar-refractivity contribution in [2.75, 3.05) is 0 Å². The first-order chi connectivity index (χ1) is 5.74. The summed E-state index contributed by atoms with van der Waals surface area (Å²) in [7, 11) is 1.93. The average Bonchev–Trinajstić information content (AvgIpc) is 2.31. The molecule has 0 amide bonds. The molecule has 0 N–H and O–H groups in total.